The molecule has 4 rings (SSSR count). The normalized spacial score (nSPS) is 10.9. The number of para-hydroxylation sites is 1. The average Bonchev–Trinajstić information content (AvgIpc) is 2.66. The molecule has 0 bridgehead atoms. The van der Waals surface area contributed by atoms with Crippen molar-refractivity contribution in [3.63, 3.8) is 0 Å². The van der Waals surface area contributed by atoms with Gasteiger partial charge in [-0.2, -0.15) is 0 Å². The predicted molar refractivity (Wildman–Crippen MR) is 98.4 cm³/mol. The van der Waals surface area contributed by atoms with Crippen LogP contribution in [0.15, 0.2) is 78.9 Å². The minimum Gasteiger partial charge on any atom is -0.310 e. The first kappa shape index (κ1) is 14.4. The fourth-order valence-corrected chi connectivity index (χ4v) is 2.86. The molecule has 3 nitrogen and oxygen atoms in total. The lowest BCUT2D eigenvalue weighted by Crippen LogP contribution is -2.27. The minimum absolute atomic E-state index is 0.115. The summed E-state index contributed by atoms with van der Waals surface area (Å²) in [6.45, 7) is 0. The van der Waals surface area contributed by atoms with Crippen LogP contribution in [-0.2, 0) is 0 Å². The van der Waals surface area contributed by atoms with Crippen molar-refractivity contribution in [1.82, 2.24) is 4.98 Å². The topological polar surface area (TPSA) is 33.2 Å². The molecule has 1 amide bonds. The smallest absolute Gasteiger partial charge is 0.276 e. The summed E-state index contributed by atoms with van der Waals surface area (Å²) < 4.78 is 0. The standard InChI is InChI=1S/C21H16N2O/c1-23(18-12-10-15-6-2-3-8-17(15)14-18)21(24)20-13-11-16-7-4-5-9-19(16)22-20/h2-14H,1H3. The van der Waals surface area contributed by atoms with Crippen LogP contribution in [-0.4, -0.2) is 17.9 Å². The van der Waals surface area contributed by atoms with Gasteiger partial charge in [-0.05, 0) is 35.0 Å². The lowest BCUT2D eigenvalue weighted by molar-refractivity contribution is 0.0988. The Morgan fingerprint density at radius 2 is 1.46 bits per heavy atom. The maximum Gasteiger partial charge on any atom is 0.276 e. The van der Waals surface area contributed by atoms with E-state index in [0.717, 1.165) is 27.4 Å². The van der Waals surface area contributed by atoms with Crippen LogP contribution in [0.25, 0.3) is 21.7 Å². The number of amides is 1. The maximum absolute atomic E-state index is 12.8. The van der Waals surface area contributed by atoms with Gasteiger partial charge >= 0.3 is 0 Å². The Labute approximate surface area is 140 Å². The van der Waals surface area contributed by atoms with Crippen LogP contribution in [0.4, 0.5) is 5.69 Å². The van der Waals surface area contributed by atoms with Crippen LogP contribution in [0.1, 0.15) is 10.5 Å². The molecule has 24 heavy (non-hydrogen) atoms. The molecule has 0 aliphatic carbocycles. The number of pyridine rings is 1. The molecule has 0 aliphatic rings. The van der Waals surface area contributed by atoms with Crippen LogP contribution in [0.2, 0.25) is 0 Å². The summed E-state index contributed by atoms with van der Waals surface area (Å²) in [6.07, 6.45) is 0. The van der Waals surface area contributed by atoms with Crippen LogP contribution in [0.3, 0.4) is 0 Å². The zero-order valence-electron chi connectivity index (χ0n) is 13.3. The van der Waals surface area contributed by atoms with Crippen LogP contribution >= 0.6 is 0 Å². The minimum atomic E-state index is -0.115. The van der Waals surface area contributed by atoms with Crippen molar-refractivity contribution < 1.29 is 4.79 Å². The number of hydrogen-bond acceptors (Lipinski definition) is 2. The summed E-state index contributed by atoms with van der Waals surface area (Å²) in [4.78, 5) is 18.9. The highest BCUT2D eigenvalue weighted by Crippen LogP contribution is 2.22. The average molecular weight is 312 g/mol. The first-order valence-corrected chi connectivity index (χ1v) is 7.85. The molecular formula is C21H16N2O. The number of rotatable bonds is 2. The van der Waals surface area contributed by atoms with Crippen molar-refractivity contribution in [3.8, 4) is 0 Å². The molecule has 0 aliphatic heterocycles. The molecule has 0 unspecified atom stereocenters. The largest absolute Gasteiger partial charge is 0.310 e. The number of benzene rings is 3. The molecule has 0 fully saturated rings. The number of hydrogen-bond donors (Lipinski definition) is 0. The van der Waals surface area contributed by atoms with Gasteiger partial charge in [-0.1, -0.05) is 54.6 Å². The van der Waals surface area contributed by atoms with E-state index < -0.39 is 0 Å². The van der Waals surface area contributed by atoms with E-state index in [2.05, 4.69) is 11.1 Å². The Bertz CT molecular complexity index is 1060. The highest BCUT2D eigenvalue weighted by molar-refractivity contribution is 6.06. The van der Waals surface area contributed by atoms with Crippen molar-refractivity contribution in [1.29, 1.82) is 0 Å². The molecule has 116 valence electrons. The van der Waals surface area contributed by atoms with Gasteiger partial charge in [0.2, 0.25) is 0 Å². The Morgan fingerprint density at radius 1 is 0.792 bits per heavy atom. The second-order valence-corrected chi connectivity index (χ2v) is 5.78. The number of nitrogens with zero attached hydrogens (tertiary/aromatic N) is 2. The number of fused-ring (bicyclic) bond motifs is 2. The SMILES string of the molecule is CN(C(=O)c1ccc2ccccc2n1)c1ccc2ccccc2c1. The van der Waals surface area contributed by atoms with Gasteiger partial charge in [0.25, 0.3) is 5.91 Å². The van der Waals surface area contributed by atoms with E-state index in [4.69, 9.17) is 0 Å². The van der Waals surface area contributed by atoms with E-state index in [1.54, 1.807) is 18.0 Å². The third-order valence-corrected chi connectivity index (χ3v) is 4.24. The third-order valence-electron chi connectivity index (χ3n) is 4.24. The predicted octanol–water partition coefficient (Wildman–Crippen LogP) is 4.66. The maximum atomic E-state index is 12.8. The fourth-order valence-electron chi connectivity index (χ4n) is 2.86. The molecule has 0 N–H and O–H groups in total. The second kappa shape index (κ2) is 5.78. The molecule has 4 aromatic rings. The Hall–Kier alpha value is -3.20. The lowest BCUT2D eigenvalue weighted by Gasteiger charge is -2.17. The summed E-state index contributed by atoms with van der Waals surface area (Å²) >= 11 is 0. The molecular weight excluding hydrogens is 296 g/mol. The van der Waals surface area contributed by atoms with Gasteiger partial charge in [0.15, 0.2) is 0 Å². The molecule has 0 saturated carbocycles. The summed E-state index contributed by atoms with van der Waals surface area (Å²) in [5, 5.41) is 3.30. The van der Waals surface area contributed by atoms with E-state index in [1.165, 1.54) is 0 Å². The van der Waals surface area contributed by atoms with Gasteiger partial charge < -0.3 is 4.90 Å². The van der Waals surface area contributed by atoms with Gasteiger partial charge in [0.05, 0.1) is 5.52 Å². The Morgan fingerprint density at radius 3 is 2.29 bits per heavy atom. The van der Waals surface area contributed by atoms with Gasteiger partial charge in [-0.3, -0.25) is 4.79 Å². The van der Waals surface area contributed by atoms with Gasteiger partial charge in [-0.15, -0.1) is 0 Å². The molecule has 0 saturated heterocycles. The lowest BCUT2D eigenvalue weighted by atomic mass is 10.1. The molecule has 1 aromatic heterocycles. The zero-order valence-corrected chi connectivity index (χ0v) is 13.3. The molecule has 0 radical (unpaired) electrons. The highest BCUT2D eigenvalue weighted by Gasteiger charge is 2.15. The van der Waals surface area contributed by atoms with Crippen molar-refractivity contribution in [2.75, 3.05) is 11.9 Å². The van der Waals surface area contributed by atoms with Crippen molar-refractivity contribution >= 4 is 33.3 Å². The Kier molecular flexibility index (Phi) is 3.47. The van der Waals surface area contributed by atoms with E-state index >= 15 is 0 Å². The van der Waals surface area contributed by atoms with Crippen LogP contribution in [0, 0.1) is 0 Å². The molecule has 3 aromatic carbocycles. The summed E-state index contributed by atoms with van der Waals surface area (Å²) in [5.74, 6) is -0.115. The van der Waals surface area contributed by atoms with E-state index in [0.29, 0.717) is 5.69 Å². The fraction of sp³-hybridized carbons (Fsp3) is 0.0476. The van der Waals surface area contributed by atoms with Gasteiger partial charge in [-0.25, -0.2) is 4.98 Å². The number of carbonyl (C=O) groups is 1. The van der Waals surface area contributed by atoms with E-state index in [-0.39, 0.29) is 5.91 Å². The molecule has 0 spiro atoms. The quantitative estimate of drug-likeness (QED) is 0.539. The number of aromatic nitrogens is 1. The Balaban J connectivity index is 1.70. The first-order valence-electron chi connectivity index (χ1n) is 7.85. The van der Waals surface area contributed by atoms with Crippen LogP contribution < -0.4 is 4.90 Å². The monoisotopic (exact) mass is 312 g/mol. The van der Waals surface area contributed by atoms with E-state index in [9.17, 15) is 4.79 Å². The molecule has 0 atom stereocenters. The van der Waals surface area contributed by atoms with Crippen molar-refractivity contribution in [2.24, 2.45) is 0 Å². The molecule has 3 heteroatoms. The molecule has 1 heterocycles. The van der Waals surface area contributed by atoms with Crippen LogP contribution in [0.5, 0.6) is 0 Å². The zero-order chi connectivity index (χ0) is 16.5. The van der Waals surface area contributed by atoms with E-state index in [1.807, 2.05) is 66.7 Å². The first-order chi connectivity index (χ1) is 11.7. The second-order valence-electron chi connectivity index (χ2n) is 5.78. The van der Waals surface area contributed by atoms with Crippen molar-refractivity contribution in [2.45, 2.75) is 0 Å². The number of anilines is 1. The highest BCUT2D eigenvalue weighted by atomic mass is 16.2. The van der Waals surface area contributed by atoms with Gasteiger partial charge in [0, 0.05) is 18.1 Å². The summed E-state index contributed by atoms with van der Waals surface area (Å²) in [5.41, 5.74) is 2.13. The summed E-state index contributed by atoms with van der Waals surface area (Å²) in [7, 11) is 1.78. The van der Waals surface area contributed by atoms with Crippen molar-refractivity contribution in [3.05, 3.63) is 84.6 Å². The van der Waals surface area contributed by atoms with Gasteiger partial charge in [0.1, 0.15) is 5.69 Å². The number of carbonyl (C=O) groups excluding carboxylic acids is 1. The summed E-state index contributed by atoms with van der Waals surface area (Å²) in [6, 6.07) is 25.6. The third kappa shape index (κ3) is 2.50.